The number of ether oxygens (including phenoxy) is 1. The fourth-order valence-electron chi connectivity index (χ4n) is 4.43. The van der Waals surface area contributed by atoms with Gasteiger partial charge in [0.25, 0.3) is 0 Å². The summed E-state index contributed by atoms with van der Waals surface area (Å²) < 4.78 is 5.40. The number of hydrogen-bond acceptors (Lipinski definition) is 4. The lowest BCUT2D eigenvalue weighted by Crippen LogP contribution is -2.35. The third kappa shape index (κ3) is 5.24. The van der Waals surface area contributed by atoms with Crippen LogP contribution in [0, 0.1) is 0 Å². The largest absolute Gasteiger partial charge is 0.379 e. The Morgan fingerprint density at radius 2 is 1.90 bits per heavy atom. The van der Waals surface area contributed by atoms with Crippen LogP contribution in [0.5, 0.6) is 0 Å². The molecule has 2 aliphatic rings. The first kappa shape index (κ1) is 20.1. The second kappa shape index (κ2) is 9.53. The van der Waals surface area contributed by atoms with Crippen molar-refractivity contribution >= 4 is 11.6 Å². The van der Waals surface area contributed by atoms with Crippen LogP contribution < -0.4 is 5.32 Å². The van der Waals surface area contributed by atoms with Gasteiger partial charge in [0.2, 0.25) is 5.91 Å². The number of carbonyl (C=O) groups is 1. The molecule has 1 N–H and O–H groups in total. The Bertz CT molecular complexity index is 815. The molecule has 4 rings (SSSR count). The Balaban J connectivity index is 1.30. The minimum Gasteiger partial charge on any atom is -0.379 e. The Kier molecular flexibility index (Phi) is 6.60. The summed E-state index contributed by atoms with van der Waals surface area (Å²) in [4.78, 5) is 17.2. The Morgan fingerprint density at radius 3 is 2.69 bits per heavy atom. The van der Waals surface area contributed by atoms with E-state index in [1.54, 1.807) is 0 Å². The average molecular weight is 394 g/mol. The summed E-state index contributed by atoms with van der Waals surface area (Å²) >= 11 is 0. The fourth-order valence-corrected chi connectivity index (χ4v) is 4.43. The van der Waals surface area contributed by atoms with Crippen LogP contribution in [-0.4, -0.2) is 55.6 Å². The molecule has 1 amide bonds. The maximum Gasteiger partial charge on any atom is 0.238 e. The van der Waals surface area contributed by atoms with Crippen molar-refractivity contribution < 1.29 is 9.53 Å². The van der Waals surface area contributed by atoms with E-state index in [-0.39, 0.29) is 5.91 Å². The number of aryl methyl sites for hydroxylation is 1. The molecular formula is C24H31N3O2. The summed E-state index contributed by atoms with van der Waals surface area (Å²) in [5.74, 6) is 0.0384. The molecule has 29 heavy (non-hydrogen) atoms. The second-order valence-corrected chi connectivity index (χ2v) is 8.16. The van der Waals surface area contributed by atoms with Gasteiger partial charge in [-0.1, -0.05) is 36.4 Å². The summed E-state index contributed by atoms with van der Waals surface area (Å²) in [6.45, 7) is 4.92. The molecule has 1 fully saturated rings. The molecule has 0 radical (unpaired) electrons. The second-order valence-electron chi connectivity index (χ2n) is 8.16. The van der Waals surface area contributed by atoms with Gasteiger partial charge in [0.15, 0.2) is 0 Å². The number of rotatable bonds is 6. The molecule has 1 heterocycles. The lowest BCUT2D eigenvalue weighted by atomic mass is 9.87. The molecule has 1 aliphatic carbocycles. The van der Waals surface area contributed by atoms with Gasteiger partial charge in [0.1, 0.15) is 0 Å². The number of anilines is 1. The van der Waals surface area contributed by atoms with E-state index in [1.165, 1.54) is 23.1 Å². The number of benzene rings is 2. The maximum absolute atomic E-state index is 12.6. The minimum atomic E-state index is 0.0384. The number of carbonyl (C=O) groups excluding carboxylic acids is 1. The van der Waals surface area contributed by atoms with Crippen molar-refractivity contribution in [3.8, 4) is 0 Å². The molecule has 154 valence electrons. The normalized spacial score (nSPS) is 19.7. The van der Waals surface area contributed by atoms with E-state index in [4.69, 9.17) is 4.74 Å². The van der Waals surface area contributed by atoms with Crippen molar-refractivity contribution in [2.45, 2.75) is 31.8 Å². The van der Waals surface area contributed by atoms with Crippen molar-refractivity contribution in [2.75, 3.05) is 45.2 Å². The summed E-state index contributed by atoms with van der Waals surface area (Å²) in [5, 5.41) is 3.05. The van der Waals surface area contributed by atoms with Crippen molar-refractivity contribution in [3.63, 3.8) is 0 Å². The third-order valence-corrected chi connectivity index (χ3v) is 6.01. The topological polar surface area (TPSA) is 44.8 Å². The smallest absolute Gasteiger partial charge is 0.238 e. The van der Waals surface area contributed by atoms with E-state index in [2.05, 4.69) is 58.6 Å². The van der Waals surface area contributed by atoms with Crippen molar-refractivity contribution in [3.05, 3.63) is 65.2 Å². The average Bonchev–Trinajstić information content (AvgIpc) is 2.75. The van der Waals surface area contributed by atoms with Gasteiger partial charge in [-0.2, -0.15) is 0 Å². The molecule has 2 aromatic rings. The van der Waals surface area contributed by atoms with E-state index < -0.39 is 0 Å². The molecule has 0 saturated carbocycles. The lowest BCUT2D eigenvalue weighted by Gasteiger charge is -2.32. The SMILES string of the molecule is CN(CC(=O)Nc1ccc(CN2CCOCC2)cc1)C1CCCc2ccccc21. The van der Waals surface area contributed by atoms with Crippen LogP contribution in [0.15, 0.2) is 48.5 Å². The highest BCUT2D eigenvalue weighted by atomic mass is 16.5. The van der Waals surface area contributed by atoms with Crippen LogP contribution in [0.4, 0.5) is 5.69 Å². The van der Waals surface area contributed by atoms with Crippen LogP contribution in [0.3, 0.4) is 0 Å². The number of fused-ring (bicyclic) bond motifs is 1. The molecular weight excluding hydrogens is 362 g/mol. The van der Waals surface area contributed by atoms with Crippen LogP contribution in [0.2, 0.25) is 0 Å². The first-order valence-corrected chi connectivity index (χ1v) is 10.7. The monoisotopic (exact) mass is 393 g/mol. The number of likely N-dealkylation sites (N-methyl/N-ethyl adjacent to an activating group) is 1. The summed E-state index contributed by atoms with van der Waals surface area (Å²) in [5.41, 5.74) is 4.92. The highest BCUT2D eigenvalue weighted by Gasteiger charge is 2.24. The highest BCUT2D eigenvalue weighted by molar-refractivity contribution is 5.92. The van der Waals surface area contributed by atoms with Crippen LogP contribution in [0.1, 0.15) is 35.6 Å². The first-order valence-electron chi connectivity index (χ1n) is 10.7. The van der Waals surface area contributed by atoms with Gasteiger partial charge >= 0.3 is 0 Å². The molecule has 1 atom stereocenters. The summed E-state index contributed by atoms with van der Waals surface area (Å²) in [6.07, 6.45) is 3.43. The zero-order valence-corrected chi connectivity index (χ0v) is 17.3. The van der Waals surface area contributed by atoms with Crippen molar-refractivity contribution in [1.82, 2.24) is 9.80 Å². The Hall–Kier alpha value is -2.21. The first-order chi connectivity index (χ1) is 14.2. The fraction of sp³-hybridized carbons (Fsp3) is 0.458. The van der Waals surface area contributed by atoms with Crippen LogP contribution in [-0.2, 0) is 22.5 Å². The molecule has 5 heteroatoms. The maximum atomic E-state index is 12.6. The minimum absolute atomic E-state index is 0.0384. The number of nitrogens with one attached hydrogen (secondary N) is 1. The van der Waals surface area contributed by atoms with Crippen LogP contribution in [0.25, 0.3) is 0 Å². The molecule has 1 aliphatic heterocycles. The van der Waals surface area contributed by atoms with E-state index in [1.807, 2.05) is 12.1 Å². The van der Waals surface area contributed by atoms with Gasteiger partial charge in [-0.05, 0) is 55.1 Å². The molecule has 0 bridgehead atoms. The number of hydrogen-bond donors (Lipinski definition) is 1. The van der Waals surface area contributed by atoms with Gasteiger partial charge in [0, 0.05) is 31.4 Å². The van der Waals surface area contributed by atoms with E-state index in [0.717, 1.165) is 51.4 Å². The Morgan fingerprint density at radius 1 is 1.14 bits per heavy atom. The number of amides is 1. The molecule has 1 saturated heterocycles. The molecule has 0 aromatic heterocycles. The third-order valence-electron chi connectivity index (χ3n) is 6.01. The van der Waals surface area contributed by atoms with E-state index >= 15 is 0 Å². The lowest BCUT2D eigenvalue weighted by molar-refractivity contribution is -0.117. The number of morpholine rings is 1. The summed E-state index contributed by atoms with van der Waals surface area (Å²) in [6, 6.07) is 17.2. The van der Waals surface area contributed by atoms with Gasteiger partial charge < -0.3 is 10.1 Å². The Labute approximate surface area is 173 Å². The van der Waals surface area contributed by atoms with Gasteiger partial charge in [0.05, 0.1) is 19.8 Å². The zero-order valence-electron chi connectivity index (χ0n) is 17.3. The predicted octanol–water partition coefficient (Wildman–Crippen LogP) is 3.47. The predicted molar refractivity (Wildman–Crippen MR) is 116 cm³/mol. The molecule has 0 spiro atoms. The molecule has 2 aromatic carbocycles. The zero-order chi connectivity index (χ0) is 20.1. The van der Waals surface area contributed by atoms with Crippen molar-refractivity contribution in [2.24, 2.45) is 0 Å². The standard InChI is InChI=1S/C24H31N3O2/c1-26(23-8-4-6-20-5-2-3-7-22(20)23)18-24(28)25-21-11-9-19(10-12-21)17-27-13-15-29-16-14-27/h2-3,5,7,9-12,23H,4,6,8,13-18H2,1H3,(H,25,28). The van der Waals surface area contributed by atoms with Gasteiger partial charge in [-0.15, -0.1) is 0 Å². The molecule has 1 unspecified atom stereocenters. The van der Waals surface area contributed by atoms with Crippen LogP contribution >= 0.6 is 0 Å². The van der Waals surface area contributed by atoms with Gasteiger partial charge in [-0.25, -0.2) is 0 Å². The molecule has 5 nitrogen and oxygen atoms in total. The van der Waals surface area contributed by atoms with Gasteiger partial charge in [-0.3, -0.25) is 14.6 Å². The van der Waals surface area contributed by atoms with E-state index in [9.17, 15) is 4.79 Å². The van der Waals surface area contributed by atoms with Crippen molar-refractivity contribution in [1.29, 1.82) is 0 Å². The number of nitrogens with zero attached hydrogens (tertiary/aromatic N) is 2. The summed E-state index contributed by atoms with van der Waals surface area (Å²) in [7, 11) is 2.05. The van der Waals surface area contributed by atoms with E-state index in [0.29, 0.717) is 12.6 Å². The highest BCUT2D eigenvalue weighted by Crippen LogP contribution is 2.33. The quantitative estimate of drug-likeness (QED) is 0.816.